The minimum atomic E-state index is 0.211. The zero-order valence-corrected chi connectivity index (χ0v) is 11.3. The highest BCUT2D eigenvalue weighted by atomic mass is 35.5. The van der Waals surface area contributed by atoms with E-state index in [1.807, 2.05) is 14.0 Å². The first kappa shape index (κ1) is 12.7. The Hall–Kier alpha value is -0.800. The summed E-state index contributed by atoms with van der Waals surface area (Å²) in [5.74, 6) is 0. The molecule has 1 aliphatic carbocycles. The van der Waals surface area contributed by atoms with Crippen LogP contribution < -0.4 is 5.73 Å². The number of aromatic nitrogens is 2. The highest BCUT2D eigenvalue weighted by Crippen LogP contribution is 2.26. The second kappa shape index (κ2) is 5.23. The van der Waals surface area contributed by atoms with Crippen LogP contribution in [0.15, 0.2) is 11.6 Å². The Morgan fingerprint density at radius 2 is 2.29 bits per heavy atom. The minimum Gasteiger partial charge on any atom is -0.324 e. The van der Waals surface area contributed by atoms with Gasteiger partial charge in [0.1, 0.15) is 5.15 Å². The van der Waals surface area contributed by atoms with Crippen molar-refractivity contribution in [2.24, 2.45) is 12.8 Å². The summed E-state index contributed by atoms with van der Waals surface area (Å²) in [6.07, 6.45) is 7.81. The van der Waals surface area contributed by atoms with E-state index < -0.39 is 0 Å². The van der Waals surface area contributed by atoms with Gasteiger partial charge in [0, 0.05) is 18.7 Å². The van der Waals surface area contributed by atoms with Crippen LogP contribution in [0.2, 0.25) is 5.15 Å². The van der Waals surface area contributed by atoms with Gasteiger partial charge in [0.15, 0.2) is 0 Å². The first-order chi connectivity index (χ1) is 8.08. The molecule has 0 spiro atoms. The van der Waals surface area contributed by atoms with Crippen LogP contribution >= 0.6 is 11.6 Å². The Kier molecular flexibility index (Phi) is 3.89. The Balaban J connectivity index is 2.19. The molecule has 0 fully saturated rings. The van der Waals surface area contributed by atoms with Crippen LogP contribution in [0.5, 0.6) is 0 Å². The van der Waals surface area contributed by atoms with E-state index in [0.717, 1.165) is 35.7 Å². The quantitative estimate of drug-likeness (QED) is 0.824. The normalized spacial score (nSPS) is 21.2. The van der Waals surface area contributed by atoms with Gasteiger partial charge >= 0.3 is 0 Å². The summed E-state index contributed by atoms with van der Waals surface area (Å²) in [4.78, 5) is 0. The highest BCUT2D eigenvalue weighted by Gasteiger charge is 2.15. The monoisotopic (exact) mass is 253 g/mol. The lowest BCUT2D eigenvalue weighted by molar-refractivity contribution is 0.654. The number of hydrogen-bond donors (Lipinski definition) is 1. The van der Waals surface area contributed by atoms with Gasteiger partial charge in [-0.05, 0) is 32.6 Å². The van der Waals surface area contributed by atoms with Gasteiger partial charge in [-0.3, -0.25) is 4.68 Å². The number of hydrogen-bond acceptors (Lipinski definition) is 2. The van der Waals surface area contributed by atoms with Gasteiger partial charge in [0.05, 0.1) is 5.69 Å². The predicted octanol–water partition coefficient (Wildman–Crippen LogP) is 2.75. The first-order valence-electron chi connectivity index (χ1n) is 6.21. The third-order valence-corrected chi connectivity index (χ3v) is 3.88. The average Bonchev–Trinajstić information content (AvgIpc) is 2.46. The van der Waals surface area contributed by atoms with Crippen molar-refractivity contribution < 1.29 is 0 Å². The summed E-state index contributed by atoms with van der Waals surface area (Å²) in [6, 6.07) is 0.211. The van der Waals surface area contributed by atoms with E-state index in [1.54, 1.807) is 4.68 Å². The number of nitrogens with zero attached hydrogens (tertiary/aromatic N) is 2. The lowest BCUT2D eigenvalue weighted by Crippen LogP contribution is -2.16. The van der Waals surface area contributed by atoms with Crippen molar-refractivity contribution in [1.82, 2.24) is 9.78 Å². The summed E-state index contributed by atoms with van der Waals surface area (Å²) in [5, 5.41) is 5.10. The van der Waals surface area contributed by atoms with E-state index in [0.29, 0.717) is 0 Å². The molecular formula is C13H20ClN3. The fraction of sp³-hybridized carbons (Fsp3) is 0.615. The SMILES string of the molecule is Cc1nn(C)c(Cl)c1CC1=CC(N)CCCC1. The average molecular weight is 254 g/mol. The molecule has 2 rings (SSSR count). The highest BCUT2D eigenvalue weighted by molar-refractivity contribution is 6.30. The third kappa shape index (κ3) is 2.90. The second-order valence-electron chi connectivity index (χ2n) is 4.89. The molecule has 0 bridgehead atoms. The van der Waals surface area contributed by atoms with Crippen molar-refractivity contribution in [3.05, 3.63) is 28.1 Å². The topological polar surface area (TPSA) is 43.8 Å². The smallest absolute Gasteiger partial charge is 0.130 e. The van der Waals surface area contributed by atoms with Crippen LogP contribution in [-0.4, -0.2) is 15.8 Å². The van der Waals surface area contributed by atoms with Crippen LogP contribution in [-0.2, 0) is 13.5 Å². The van der Waals surface area contributed by atoms with E-state index in [2.05, 4.69) is 11.2 Å². The predicted molar refractivity (Wildman–Crippen MR) is 71.2 cm³/mol. The molecule has 1 atom stereocenters. The van der Waals surface area contributed by atoms with Gasteiger partial charge in [0.25, 0.3) is 0 Å². The van der Waals surface area contributed by atoms with Crippen molar-refractivity contribution in [1.29, 1.82) is 0 Å². The lowest BCUT2D eigenvalue weighted by atomic mass is 10.0. The van der Waals surface area contributed by atoms with Crippen molar-refractivity contribution in [2.45, 2.75) is 45.1 Å². The maximum absolute atomic E-state index is 6.25. The van der Waals surface area contributed by atoms with Crippen LogP contribution in [0.4, 0.5) is 0 Å². The molecule has 17 heavy (non-hydrogen) atoms. The fourth-order valence-corrected chi connectivity index (χ4v) is 2.69. The molecule has 0 aliphatic heterocycles. The fourth-order valence-electron chi connectivity index (χ4n) is 2.45. The zero-order chi connectivity index (χ0) is 12.4. The molecule has 4 heteroatoms. The summed E-state index contributed by atoms with van der Waals surface area (Å²) in [7, 11) is 1.88. The van der Waals surface area contributed by atoms with E-state index in [9.17, 15) is 0 Å². The molecule has 0 saturated carbocycles. The molecule has 0 aromatic carbocycles. The van der Waals surface area contributed by atoms with Crippen LogP contribution in [0, 0.1) is 6.92 Å². The standard InChI is InChI=1S/C13H20ClN3/c1-9-12(13(14)17(2)16-9)8-10-5-3-4-6-11(15)7-10/h7,11H,3-6,8,15H2,1-2H3. The molecular weight excluding hydrogens is 234 g/mol. The van der Waals surface area contributed by atoms with Crippen molar-refractivity contribution in [3.8, 4) is 0 Å². The van der Waals surface area contributed by atoms with Crippen molar-refractivity contribution in [3.63, 3.8) is 0 Å². The second-order valence-corrected chi connectivity index (χ2v) is 5.25. The van der Waals surface area contributed by atoms with Gasteiger partial charge in [0.2, 0.25) is 0 Å². The maximum atomic E-state index is 6.25. The van der Waals surface area contributed by atoms with Crippen LogP contribution in [0.25, 0.3) is 0 Å². The lowest BCUT2D eigenvalue weighted by Gasteiger charge is -2.06. The van der Waals surface area contributed by atoms with Crippen LogP contribution in [0.1, 0.15) is 36.9 Å². The molecule has 2 N–H and O–H groups in total. The minimum absolute atomic E-state index is 0.211. The summed E-state index contributed by atoms with van der Waals surface area (Å²) in [5.41, 5.74) is 9.61. The Morgan fingerprint density at radius 3 is 2.94 bits per heavy atom. The largest absolute Gasteiger partial charge is 0.324 e. The third-order valence-electron chi connectivity index (χ3n) is 3.41. The Morgan fingerprint density at radius 1 is 1.53 bits per heavy atom. The molecule has 1 aromatic rings. The van der Waals surface area contributed by atoms with E-state index in [-0.39, 0.29) is 6.04 Å². The van der Waals surface area contributed by atoms with E-state index in [4.69, 9.17) is 17.3 Å². The molecule has 0 saturated heterocycles. The number of allylic oxidation sites excluding steroid dienone is 1. The van der Waals surface area contributed by atoms with Gasteiger partial charge in [-0.15, -0.1) is 0 Å². The number of nitrogens with two attached hydrogens (primary N) is 1. The molecule has 0 amide bonds. The molecule has 1 aromatic heterocycles. The summed E-state index contributed by atoms with van der Waals surface area (Å²) in [6.45, 7) is 2.01. The number of halogens is 1. The first-order valence-corrected chi connectivity index (χ1v) is 6.59. The molecule has 1 heterocycles. The van der Waals surface area contributed by atoms with Gasteiger partial charge in [-0.2, -0.15) is 5.10 Å². The van der Waals surface area contributed by atoms with Crippen molar-refractivity contribution >= 4 is 11.6 Å². The Bertz CT molecular complexity index is 434. The summed E-state index contributed by atoms with van der Waals surface area (Å²) < 4.78 is 1.74. The zero-order valence-electron chi connectivity index (χ0n) is 10.5. The Labute approximate surface area is 108 Å². The molecule has 94 valence electrons. The van der Waals surface area contributed by atoms with Crippen LogP contribution in [0.3, 0.4) is 0 Å². The van der Waals surface area contributed by atoms with Crippen molar-refractivity contribution in [2.75, 3.05) is 0 Å². The molecule has 0 radical (unpaired) electrons. The van der Waals surface area contributed by atoms with E-state index in [1.165, 1.54) is 18.4 Å². The van der Waals surface area contributed by atoms with Gasteiger partial charge < -0.3 is 5.73 Å². The molecule has 1 aliphatic rings. The number of aryl methyl sites for hydroxylation is 2. The summed E-state index contributed by atoms with van der Waals surface area (Å²) >= 11 is 6.25. The maximum Gasteiger partial charge on any atom is 0.130 e. The number of rotatable bonds is 2. The van der Waals surface area contributed by atoms with Gasteiger partial charge in [-0.1, -0.05) is 29.7 Å². The molecule has 3 nitrogen and oxygen atoms in total. The van der Waals surface area contributed by atoms with E-state index >= 15 is 0 Å². The molecule has 1 unspecified atom stereocenters. The van der Waals surface area contributed by atoms with Gasteiger partial charge in [-0.25, -0.2) is 0 Å².